The van der Waals surface area contributed by atoms with Crippen LogP contribution in [0.25, 0.3) is 0 Å². The quantitative estimate of drug-likeness (QED) is 0.485. The van der Waals surface area contributed by atoms with Crippen LogP contribution in [0.5, 0.6) is 11.5 Å². The van der Waals surface area contributed by atoms with Crippen molar-refractivity contribution in [3.05, 3.63) is 23.8 Å². The van der Waals surface area contributed by atoms with Crippen LogP contribution in [0.2, 0.25) is 0 Å². The molecule has 0 saturated heterocycles. The monoisotopic (exact) mass is 316 g/mol. The van der Waals surface area contributed by atoms with Crippen LogP contribution in [0.1, 0.15) is 5.56 Å². The lowest BCUT2D eigenvalue weighted by Gasteiger charge is -2.07. The van der Waals surface area contributed by atoms with Gasteiger partial charge in [-0.1, -0.05) is 40.5 Å². The van der Waals surface area contributed by atoms with E-state index in [2.05, 4.69) is 34.4 Å². The maximum Gasteiger partial charge on any atom is 0.161 e. The second-order valence-corrected chi connectivity index (χ2v) is 3.62. The molecule has 0 bridgehead atoms. The zero-order valence-corrected chi connectivity index (χ0v) is 11.0. The predicted octanol–water partition coefficient (Wildman–Crippen LogP) is 2.68. The van der Waals surface area contributed by atoms with Gasteiger partial charge in [0, 0.05) is 6.42 Å². The molecular weight excluding hydrogens is 303 g/mol. The Morgan fingerprint density at radius 1 is 1.13 bits per heavy atom. The van der Waals surface area contributed by atoms with Crippen molar-refractivity contribution >= 4 is 22.6 Å². The van der Waals surface area contributed by atoms with Gasteiger partial charge in [0.2, 0.25) is 0 Å². The van der Waals surface area contributed by atoms with E-state index < -0.39 is 0 Å². The highest BCUT2D eigenvalue weighted by Gasteiger charge is 2.02. The van der Waals surface area contributed by atoms with Crippen LogP contribution >= 0.6 is 22.6 Å². The van der Waals surface area contributed by atoms with E-state index in [4.69, 9.17) is 9.47 Å². The molecule has 0 heterocycles. The fourth-order valence-corrected chi connectivity index (χ4v) is 1.47. The minimum absolute atomic E-state index is 0.753. The zero-order chi connectivity index (χ0) is 11.1. The molecule has 0 aliphatic carbocycles. The van der Waals surface area contributed by atoms with Gasteiger partial charge >= 0.3 is 0 Å². The van der Waals surface area contributed by atoms with Crippen molar-refractivity contribution in [2.45, 2.75) is 6.42 Å². The molecule has 0 unspecified atom stereocenters. The van der Waals surface area contributed by atoms with E-state index in [9.17, 15) is 0 Å². The number of benzene rings is 1. The number of alkyl halides is 1. The maximum absolute atomic E-state index is 5.21. The van der Waals surface area contributed by atoms with Crippen molar-refractivity contribution in [2.75, 3.05) is 18.6 Å². The summed E-state index contributed by atoms with van der Waals surface area (Å²) in [6.07, 6.45) is 0.753. The number of halogens is 1. The largest absolute Gasteiger partial charge is 0.493 e. The van der Waals surface area contributed by atoms with Gasteiger partial charge in [0.05, 0.1) is 18.6 Å². The summed E-state index contributed by atoms with van der Waals surface area (Å²) in [6, 6.07) is 5.86. The molecule has 3 heteroatoms. The van der Waals surface area contributed by atoms with Crippen LogP contribution in [0.4, 0.5) is 0 Å². The van der Waals surface area contributed by atoms with Crippen LogP contribution in [0.3, 0.4) is 0 Å². The van der Waals surface area contributed by atoms with Crippen LogP contribution in [-0.4, -0.2) is 18.6 Å². The maximum atomic E-state index is 5.21. The molecule has 80 valence electrons. The van der Waals surface area contributed by atoms with E-state index in [1.54, 1.807) is 14.2 Å². The summed E-state index contributed by atoms with van der Waals surface area (Å²) in [5.74, 6) is 7.62. The minimum Gasteiger partial charge on any atom is -0.493 e. The Kier molecular flexibility index (Phi) is 5.33. The smallest absolute Gasteiger partial charge is 0.161 e. The second-order valence-electron chi connectivity index (χ2n) is 2.85. The first-order valence-corrected chi connectivity index (χ1v) is 6.07. The van der Waals surface area contributed by atoms with Gasteiger partial charge in [-0.15, -0.1) is 0 Å². The lowest BCUT2D eigenvalue weighted by molar-refractivity contribution is 0.354. The fraction of sp³-hybridized carbons (Fsp3) is 0.333. The van der Waals surface area contributed by atoms with Gasteiger partial charge in [-0.05, 0) is 17.7 Å². The van der Waals surface area contributed by atoms with Gasteiger partial charge in [-0.25, -0.2) is 0 Å². The molecular formula is C12H13IO2. The van der Waals surface area contributed by atoms with Crippen molar-refractivity contribution in [1.82, 2.24) is 0 Å². The molecule has 0 amide bonds. The van der Waals surface area contributed by atoms with Crippen LogP contribution in [-0.2, 0) is 6.42 Å². The number of hydrogen-bond acceptors (Lipinski definition) is 2. The van der Waals surface area contributed by atoms with Crippen LogP contribution in [0.15, 0.2) is 18.2 Å². The zero-order valence-electron chi connectivity index (χ0n) is 8.84. The molecule has 0 spiro atoms. The van der Waals surface area contributed by atoms with Gasteiger partial charge in [-0.3, -0.25) is 0 Å². The first-order valence-electron chi connectivity index (χ1n) is 4.54. The fourth-order valence-electron chi connectivity index (χ4n) is 1.20. The molecule has 0 radical (unpaired) electrons. The molecule has 15 heavy (non-hydrogen) atoms. The Hall–Kier alpha value is -0.890. The second kappa shape index (κ2) is 6.57. The third-order valence-corrected chi connectivity index (χ3v) is 2.31. The van der Waals surface area contributed by atoms with Crippen LogP contribution < -0.4 is 9.47 Å². The van der Waals surface area contributed by atoms with Crippen molar-refractivity contribution in [1.29, 1.82) is 0 Å². The summed E-state index contributed by atoms with van der Waals surface area (Å²) >= 11 is 2.24. The molecule has 0 atom stereocenters. The number of ether oxygens (including phenoxy) is 2. The Balaban J connectivity index is 2.83. The first-order chi connectivity index (χ1) is 7.31. The number of hydrogen-bond donors (Lipinski definition) is 0. The average molecular weight is 316 g/mol. The number of rotatable bonds is 3. The lowest BCUT2D eigenvalue weighted by atomic mass is 10.1. The lowest BCUT2D eigenvalue weighted by Crippen LogP contribution is -1.92. The third-order valence-electron chi connectivity index (χ3n) is 1.93. The van der Waals surface area contributed by atoms with Gasteiger partial charge < -0.3 is 9.47 Å². The van der Waals surface area contributed by atoms with Crippen molar-refractivity contribution in [2.24, 2.45) is 0 Å². The van der Waals surface area contributed by atoms with E-state index in [1.165, 1.54) is 0 Å². The molecule has 0 aliphatic rings. The molecule has 1 rings (SSSR count). The summed E-state index contributed by atoms with van der Waals surface area (Å²) in [5.41, 5.74) is 1.14. The van der Waals surface area contributed by atoms with Gasteiger partial charge in [-0.2, -0.15) is 0 Å². The molecule has 2 nitrogen and oxygen atoms in total. The molecule has 0 saturated carbocycles. The van der Waals surface area contributed by atoms with E-state index in [-0.39, 0.29) is 0 Å². The molecule has 0 aromatic heterocycles. The topological polar surface area (TPSA) is 18.5 Å². The molecule has 0 aliphatic heterocycles. The Morgan fingerprint density at radius 2 is 1.87 bits per heavy atom. The molecule has 1 aromatic rings. The van der Waals surface area contributed by atoms with E-state index >= 15 is 0 Å². The number of methoxy groups -OCH3 is 2. The summed E-state index contributed by atoms with van der Waals surface area (Å²) in [7, 11) is 3.27. The van der Waals surface area contributed by atoms with Crippen molar-refractivity contribution in [3.8, 4) is 23.3 Å². The highest BCUT2D eigenvalue weighted by atomic mass is 127. The summed E-state index contributed by atoms with van der Waals surface area (Å²) in [6.45, 7) is 0. The molecule has 0 fully saturated rings. The first kappa shape index (κ1) is 12.2. The summed E-state index contributed by atoms with van der Waals surface area (Å²) < 4.78 is 11.2. The van der Waals surface area contributed by atoms with E-state index in [0.717, 1.165) is 27.9 Å². The third kappa shape index (κ3) is 3.63. The Bertz CT molecular complexity index is 377. The highest BCUT2D eigenvalue weighted by Crippen LogP contribution is 2.27. The highest BCUT2D eigenvalue weighted by molar-refractivity contribution is 14.1. The van der Waals surface area contributed by atoms with Crippen molar-refractivity contribution in [3.63, 3.8) is 0 Å². The predicted molar refractivity (Wildman–Crippen MR) is 69.9 cm³/mol. The average Bonchev–Trinajstić information content (AvgIpc) is 2.29. The minimum atomic E-state index is 0.753. The van der Waals surface area contributed by atoms with E-state index in [0.29, 0.717) is 0 Å². The van der Waals surface area contributed by atoms with Gasteiger partial charge in [0.15, 0.2) is 11.5 Å². The summed E-state index contributed by atoms with van der Waals surface area (Å²) in [4.78, 5) is 0. The standard InChI is InChI=1S/C12H13IO2/c1-14-11-7-6-10(5-3-4-8-13)9-12(11)15-2/h6-7,9H,5,8H2,1-2H3. The van der Waals surface area contributed by atoms with Crippen LogP contribution in [0, 0.1) is 11.8 Å². The van der Waals surface area contributed by atoms with Crippen molar-refractivity contribution < 1.29 is 9.47 Å². The molecule has 1 aromatic carbocycles. The summed E-state index contributed by atoms with van der Waals surface area (Å²) in [5, 5.41) is 0. The Morgan fingerprint density at radius 3 is 2.47 bits per heavy atom. The Labute approximate surface area is 104 Å². The van der Waals surface area contributed by atoms with Gasteiger partial charge in [0.1, 0.15) is 0 Å². The SMILES string of the molecule is COc1ccc(CC#CCI)cc1OC. The molecule has 0 N–H and O–H groups in total. The normalized spacial score (nSPS) is 9.00. The van der Waals surface area contributed by atoms with Gasteiger partial charge in [0.25, 0.3) is 0 Å². The van der Waals surface area contributed by atoms with E-state index in [1.807, 2.05) is 18.2 Å².